The topological polar surface area (TPSA) is 60.0 Å². The summed E-state index contributed by atoms with van der Waals surface area (Å²) in [6.07, 6.45) is 3.73. The third-order valence-corrected chi connectivity index (χ3v) is 5.60. The molecule has 1 heterocycles. The Balaban J connectivity index is 1.25. The van der Waals surface area contributed by atoms with Crippen molar-refractivity contribution in [2.24, 2.45) is 5.92 Å². The van der Waals surface area contributed by atoms with Gasteiger partial charge in [-0.1, -0.05) is 6.07 Å². The number of nitrogens with one attached hydrogen (secondary N) is 1. The molecule has 166 valence electrons. The van der Waals surface area contributed by atoms with Crippen molar-refractivity contribution < 1.29 is 19.0 Å². The predicted octanol–water partition coefficient (Wildman–Crippen LogP) is 4.39. The second-order valence-electron chi connectivity index (χ2n) is 8.62. The van der Waals surface area contributed by atoms with Crippen molar-refractivity contribution in [3.05, 3.63) is 48.5 Å². The van der Waals surface area contributed by atoms with Crippen molar-refractivity contribution in [3.8, 4) is 17.2 Å². The first-order valence-corrected chi connectivity index (χ1v) is 11.2. The molecule has 1 aliphatic heterocycles. The van der Waals surface area contributed by atoms with E-state index in [0.717, 1.165) is 55.0 Å². The fourth-order valence-electron chi connectivity index (χ4n) is 3.76. The maximum absolute atomic E-state index is 11.1. The first-order valence-electron chi connectivity index (χ1n) is 11.2. The molecule has 1 unspecified atom stereocenters. The Morgan fingerprint density at radius 3 is 2.61 bits per heavy atom. The second kappa shape index (κ2) is 10.1. The summed E-state index contributed by atoms with van der Waals surface area (Å²) in [5, 5.41) is 2.85. The molecule has 1 aliphatic carbocycles. The normalized spacial score (nSPS) is 19.2. The van der Waals surface area contributed by atoms with E-state index >= 15 is 0 Å². The number of hydrogen-bond donors (Lipinski definition) is 1. The number of ether oxygens (including phenoxy) is 3. The highest BCUT2D eigenvalue weighted by atomic mass is 16.5. The fourth-order valence-corrected chi connectivity index (χ4v) is 3.76. The van der Waals surface area contributed by atoms with Crippen molar-refractivity contribution in [1.29, 1.82) is 0 Å². The van der Waals surface area contributed by atoms with Crippen molar-refractivity contribution in [2.45, 2.75) is 45.3 Å². The standard InChI is InChI=1S/C25H32N2O4/c1-18(26-19(2)28)16-29-25-12-13-27(15-25)21-8-10-22(11-9-21)31-24-5-3-4-23(14-24)30-17-20-6-7-20/h3-5,8-11,14,18,20,25H,6-7,12-13,15-17H2,1-2H3,(H,26,28)/t18?,25-/m1/s1. The van der Waals surface area contributed by atoms with Gasteiger partial charge in [0.05, 0.1) is 19.3 Å². The van der Waals surface area contributed by atoms with Gasteiger partial charge in [0, 0.05) is 37.8 Å². The van der Waals surface area contributed by atoms with Crippen LogP contribution in [-0.4, -0.2) is 44.4 Å². The summed E-state index contributed by atoms with van der Waals surface area (Å²) in [6, 6.07) is 16.0. The molecule has 6 nitrogen and oxygen atoms in total. The van der Waals surface area contributed by atoms with E-state index in [1.165, 1.54) is 19.8 Å². The summed E-state index contributed by atoms with van der Waals surface area (Å²) in [6.45, 7) is 6.63. The van der Waals surface area contributed by atoms with Crippen LogP contribution in [0, 0.1) is 5.92 Å². The Bertz CT molecular complexity index is 866. The lowest BCUT2D eigenvalue weighted by atomic mass is 10.2. The van der Waals surface area contributed by atoms with Gasteiger partial charge in [-0.2, -0.15) is 0 Å². The molecule has 1 N–H and O–H groups in total. The Kier molecular flexibility index (Phi) is 6.97. The van der Waals surface area contributed by atoms with Crippen LogP contribution in [0.4, 0.5) is 5.69 Å². The molecular formula is C25H32N2O4. The Hall–Kier alpha value is -2.73. The molecule has 6 heteroatoms. The van der Waals surface area contributed by atoms with E-state index in [-0.39, 0.29) is 18.1 Å². The predicted molar refractivity (Wildman–Crippen MR) is 121 cm³/mol. The first-order chi connectivity index (χ1) is 15.0. The zero-order valence-electron chi connectivity index (χ0n) is 18.4. The number of carbonyl (C=O) groups is 1. The molecule has 1 saturated heterocycles. The number of nitrogens with zero attached hydrogens (tertiary/aromatic N) is 1. The van der Waals surface area contributed by atoms with E-state index in [4.69, 9.17) is 14.2 Å². The minimum absolute atomic E-state index is 0.0241. The third-order valence-electron chi connectivity index (χ3n) is 5.60. The molecule has 4 rings (SSSR count). The van der Waals surface area contributed by atoms with Crippen molar-refractivity contribution in [2.75, 3.05) is 31.2 Å². The van der Waals surface area contributed by atoms with Gasteiger partial charge < -0.3 is 24.4 Å². The highest BCUT2D eigenvalue weighted by molar-refractivity contribution is 5.73. The lowest BCUT2D eigenvalue weighted by Crippen LogP contribution is -2.36. The smallest absolute Gasteiger partial charge is 0.217 e. The van der Waals surface area contributed by atoms with Gasteiger partial charge in [0.15, 0.2) is 0 Å². The first kappa shape index (κ1) is 21.5. The van der Waals surface area contributed by atoms with Gasteiger partial charge in [-0.15, -0.1) is 0 Å². The highest BCUT2D eigenvalue weighted by Gasteiger charge is 2.24. The lowest BCUT2D eigenvalue weighted by molar-refractivity contribution is -0.120. The summed E-state index contributed by atoms with van der Waals surface area (Å²) < 4.78 is 17.8. The van der Waals surface area contributed by atoms with E-state index in [1.54, 1.807) is 0 Å². The van der Waals surface area contributed by atoms with Crippen molar-refractivity contribution in [3.63, 3.8) is 0 Å². The Morgan fingerprint density at radius 1 is 1.10 bits per heavy atom. The lowest BCUT2D eigenvalue weighted by Gasteiger charge is -2.20. The fraction of sp³-hybridized carbons (Fsp3) is 0.480. The maximum Gasteiger partial charge on any atom is 0.217 e. The maximum atomic E-state index is 11.1. The second-order valence-corrected chi connectivity index (χ2v) is 8.62. The van der Waals surface area contributed by atoms with Crippen LogP contribution < -0.4 is 19.7 Å². The van der Waals surface area contributed by atoms with E-state index in [2.05, 4.69) is 22.3 Å². The van der Waals surface area contributed by atoms with E-state index in [1.807, 2.05) is 43.3 Å². The van der Waals surface area contributed by atoms with Crippen LogP contribution in [0.3, 0.4) is 0 Å². The molecule has 2 aromatic rings. The summed E-state index contributed by atoms with van der Waals surface area (Å²) >= 11 is 0. The van der Waals surface area contributed by atoms with Gasteiger partial charge >= 0.3 is 0 Å². The molecule has 0 bridgehead atoms. The number of carbonyl (C=O) groups excluding carboxylic acids is 1. The molecular weight excluding hydrogens is 392 g/mol. The van der Waals surface area contributed by atoms with Crippen LogP contribution in [0.25, 0.3) is 0 Å². The number of hydrogen-bond acceptors (Lipinski definition) is 5. The summed E-state index contributed by atoms with van der Waals surface area (Å²) in [7, 11) is 0. The quantitative estimate of drug-likeness (QED) is 0.613. The van der Waals surface area contributed by atoms with Crippen LogP contribution >= 0.6 is 0 Å². The van der Waals surface area contributed by atoms with E-state index in [9.17, 15) is 4.79 Å². The molecule has 2 aliphatic rings. The number of benzene rings is 2. The molecule has 1 amide bonds. The number of anilines is 1. The molecule has 0 radical (unpaired) electrons. The van der Waals surface area contributed by atoms with E-state index in [0.29, 0.717) is 6.61 Å². The highest BCUT2D eigenvalue weighted by Crippen LogP contribution is 2.31. The van der Waals surface area contributed by atoms with Crippen LogP contribution in [0.15, 0.2) is 48.5 Å². The molecule has 31 heavy (non-hydrogen) atoms. The van der Waals surface area contributed by atoms with Crippen molar-refractivity contribution >= 4 is 11.6 Å². The third kappa shape index (κ3) is 6.62. The number of rotatable bonds is 10. The summed E-state index contributed by atoms with van der Waals surface area (Å²) in [5.74, 6) is 3.15. The van der Waals surface area contributed by atoms with Gasteiger partial charge in [0.2, 0.25) is 5.91 Å². The average Bonchev–Trinajstić information content (AvgIpc) is 3.47. The van der Waals surface area contributed by atoms with Gasteiger partial charge in [-0.05, 0) is 68.5 Å². The zero-order chi connectivity index (χ0) is 21.6. The summed E-state index contributed by atoms with van der Waals surface area (Å²) in [4.78, 5) is 13.4. The van der Waals surface area contributed by atoms with Gasteiger partial charge in [0.25, 0.3) is 0 Å². The minimum Gasteiger partial charge on any atom is -0.493 e. The van der Waals surface area contributed by atoms with Crippen LogP contribution in [0.2, 0.25) is 0 Å². The molecule has 2 fully saturated rings. The van der Waals surface area contributed by atoms with Crippen LogP contribution in [0.5, 0.6) is 17.2 Å². The SMILES string of the molecule is CC(=O)NC(C)CO[C@@H]1CCN(c2ccc(Oc3cccc(OCC4CC4)c3)cc2)C1. The van der Waals surface area contributed by atoms with Gasteiger partial charge in [0.1, 0.15) is 17.2 Å². The molecule has 0 spiro atoms. The average molecular weight is 425 g/mol. The largest absolute Gasteiger partial charge is 0.493 e. The molecule has 2 aromatic carbocycles. The van der Waals surface area contributed by atoms with E-state index < -0.39 is 0 Å². The van der Waals surface area contributed by atoms with Gasteiger partial charge in [-0.25, -0.2) is 0 Å². The number of amides is 1. The summed E-state index contributed by atoms with van der Waals surface area (Å²) in [5.41, 5.74) is 1.16. The van der Waals surface area contributed by atoms with Gasteiger partial charge in [-0.3, -0.25) is 4.79 Å². The van der Waals surface area contributed by atoms with Crippen LogP contribution in [-0.2, 0) is 9.53 Å². The molecule has 1 saturated carbocycles. The Morgan fingerprint density at radius 2 is 1.87 bits per heavy atom. The Labute approximate surface area is 184 Å². The van der Waals surface area contributed by atoms with Crippen molar-refractivity contribution in [1.82, 2.24) is 5.32 Å². The molecule has 2 atom stereocenters. The minimum atomic E-state index is -0.0241. The molecule has 0 aromatic heterocycles. The zero-order valence-corrected chi connectivity index (χ0v) is 18.4. The van der Waals surface area contributed by atoms with Crippen LogP contribution in [0.1, 0.15) is 33.1 Å². The monoisotopic (exact) mass is 424 g/mol.